The van der Waals surface area contributed by atoms with Crippen LogP contribution in [0.2, 0.25) is 0 Å². The van der Waals surface area contributed by atoms with E-state index in [1.807, 2.05) is 36.2 Å². The summed E-state index contributed by atoms with van der Waals surface area (Å²) in [5, 5.41) is 3.36. The van der Waals surface area contributed by atoms with Crippen LogP contribution in [0.4, 0.5) is 6.01 Å². The molecule has 2 rings (SSSR count). The van der Waals surface area contributed by atoms with E-state index in [4.69, 9.17) is 4.42 Å². The van der Waals surface area contributed by atoms with E-state index in [0.29, 0.717) is 6.01 Å². The predicted octanol–water partition coefficient (Wildman–Crippen LogP) is 2.26. The molecule has 1 aromatic carbocycles. The van der Waals surface area contributed by atoms with Crippen LogP contribution in [0.1, 0.15) is 13.3 Å². The minimum atomic E-state index is 0.685. The van der Waals surface area contributed by atoms with Gasteiger partial charge in [0.2, 0.25) is 0 Å². The molecule has 1 heterocycles. The van der Waals surface area contributed by atoms with Crippen molar-refractivity contribution in [1.82, 2.24) is 10.3 Å². The molecule has 4 nitrogen and oxygen atoms in total. The fraction of sp³-hybridized carbons (Fsp3) is 0.462. The van der Waals surface area contributed by atoms with Gasteiger partial charge >= 0.3 is 0 Å². The Morgan fingerprint density at radius 1 is 1.29 bits per heavy atom. The van der Waals surface area contributed by atoms with Gasteiger partial charge in [-0.05, 0) is 25.1 Å². The Bertz CT molecular complexity index is 433. The third kappa shape index (κ3) is 2.97. The summed E-state index contributed by atoms with van der Waals surface area (Å²) >= 11 is 0. The maximum Gasteiger partial charge on any atom is 0.298 e. The molecule has 1 aromatic heterocycles. The van der Waals surface area contributed by atoms with E-state index in [1.54, 1.807) is 0 Å². The average molecular weight is 233 g/mol. The summed E-state index contributed by atoms with van der Waals surface area (Å²) in [6.45, 7) is 5.06. The standard InChI is InChI=1S/C13H19N3O/c1-3-8-14-9-10-16(2)13-15-11-6-4-5-7-12(11)17-13/h4-7,14H,3,8-10H2,1-2H3. The Hall–Kier alpha value is -1.55. The molecule has 4 heteroatoms. The molecule has 0 atom stereocenters. The number of fused-ring (bicyclic) bond motifs is 1. The lowest BCUT2D eigenvalue weighted by atomic mass is 10.3. The van der Waals surface area contributed by atoms with Crippen LogP contribution < -0.4 is 10.2 Å². The first-order valence-corrected chi connectivity index (χ1v) is 6.08. The van der Waals surface area contributed by atoms with Gasteiger partial charge in [-0.3, -0.25) is 0 Å². The van der Waals surface area contributed by atoms with Crippen molar-refractivity contribution in [3.8, 4) is 0 Å². The second-order valence-corrected chi connectivity index (χ2v) is 4.14. The Morgan fingerprint density at radius 2 is 2.12 bits per heavy atom. The first kappa shape index (κ1) is 11.9. The van der Waals surface area contributed by atoms with Crippen molar-refractivity contribution in [3.63, 3.8) is 0 Å². The number of aromatic nitrogens is 1. The Labute approximate surface area is 102 Å². The highest BCUT2D eigenvalue weighted by molar-refractivity contribution is 5.74. The highest BCUT2D eigenvalue weighted by Crippen LogP contribution is 2.20. The molecule has 0 saturated carbocycles. The van der Waals surface area contributed by atoms with Crippen LogP contribution in [0.3, 0.4) is 0 Å². The molecule has 0 spiro atoms. The first-order chi connectivity index (χ1) is 8.31. The van der Waals surface area contributed by atoms with Crippen molar-refractivity contribution in [3.05, 3.63) is 24.3 Å². The van der Waals surface area contributed by atoms with Crippen LogP contribution in [0.25, 0.3) is 11.1 Å². The summed E-state index contributed by atoms with van der Waals surface area (Å²) in [6, 6.07) is 8.52. The molecule has 0 bridgehead atoms. The summed E-state index contributed by atoms with van der Waals surface area (Å²) in [5.41, 5.74) is 1.76. The average Bonchev–Trinajstić information content (AvgIpc) is 2.78. The second-order valence-electron chi connectivity index (χ2n) is 4.14. The third-order valence-electron chi connectivity index (χ3n) is 2.66. The Balaban J connectivity index is 1.96. The van der Waals surface area contributed by atoms with Crippen LogP contribution in [0.15, 0.2) is 28.7 Å². The molecular weight excluding hydrogens is 214 g/mol. The quantitative estimate of drug-likeness (QED) is 0.777. The molecule has 2 aromatic rings. The van der Waals surface area contributed by atoms with E-state index in [9.17, 15) is 0 Å². The molecule has 0 aliphatic rings. The van der Waals surface area contributed by atoms with Gasteiger partial charge in [0.05, 0.1) is 0 Å². The number of nitrogens with zero attached hydrogens (tertiary/aromatic N) is 2. The lowest BCUT2D eigenvalue weighted by Crippen LogP contribution is -2.29. The lowest BCUT2D eigenvalue weighted by molar-refractivity contribution is 0.572. The van der Waals surface area contributed by atoms with Gasteiger partial charge in [-0.2, -0.15) is 4.98 Å². The van der Waals surface area contributed by atoms with Gasteiger partial charge in [-0.15, -0.1) is 0 Å². The Morgan fingerprint density at radius 3 is 2.88 bits per heavy atom. The van der Waals surface area contributed by atoms with Crippen molar-refractivity contribution in [2.45, 2.75) is 13.3 Å². The zero-order valence-corrected chi connectivity index (χ0v) is 10.4. The highest BCUT2D eigenvalue weighted by atomic mass is 16.4. The van der Waals surface area contributed by atoms with Crippen molar-refractivity contribution in [1.29, 1.82) is 0 Å². The second kappa shape index (κ2) is 5.68. The molecule has 0 unspecified atom stereocenters. The van der Waals surface area contributed by atoms with Gasteiger partial charge < -0.3 is 14.6 Å². The van der Waals surface area contributed by atoms with Crippen LogP contribution in [0, 0.1) is 0 Å². The number of anilines is 1. The normalized spacial score (nSPS) is 10.9. The molecule has 17 heavy (non-hydrogen) atoms. The van der Waals surface area contributed by atoms with Crippen molar-refractivity contribution in [2.75, 3.05) is 31.6 Å². The number of oxazole rings is 1. The van der Waals surface area contributed by atoms with Crippen LogP contribution in [-0.2, 0) is 0 Å². The molecule has 0 amide bonds. The molecule has 0 fully saturated rings. The highest BCUT2D eigenvalue weighted by Gasteiger charge is 2.08. The van der Waals surface area contributed by atoms with Gasteiger partial charge in [0.25, 0.3) is 6.01 Å². The largest absolute Gasteiger partial charge is 0.423 e. The topological polar surface area (TPSA) is 41.3 Å². The first-order valence-electron chi connectivity index (χ1n) is 6.08. The van der Waals surface area contributed by atoms with Crippen molar-refractivity contribution in [2.24, 2.45) is 0 Å². The molecule has 0 radical (unpaired) electrons. The van der Waals surface area contributed by atoms with Gasteiger partial charge in [0.1, 0.15) is 5.52 Å². The van der Waals surface area contributed by atoms with Gasteiger partial charge in [-0.1, -0.05) is 19.1 Å². The summed E-state index contributed by atoms with van der Waals surface area (Å²) in [5.74, 6) is 0. The smallest absolute Gasteiger partial charge is 0.298 e. The maximum absolute atomic E-state index is 5.67. The molecule has 0 aliphatic heterocycles. The van der Waals surface area contributed by atoms with Gasteiger partial charge in [-0.25, -0.2) is 0 Å². The van der Waals surface area contributed by atoms with E-state index < -0.39 is 0 Å². The predicted molar refractivity (Wildman–Crippen MR) is 70.4 cm³/mol. The minimum Gasteiger partial charge on any atom is -0.423 e. The van der Waals surface area contributed by atoms with E-state index in [-0.39, 0.29) is 0 Å². The molecule has 92 valence electrons. The third-order valence-corrected chi connectivity index (χ3v) is 2.66. The number of nitrogens with one attached hydrogen (secondary N) is 1. The monoisotopic (exact) mass is 233 g/mol. The fourth-order valence-corrected chi connectivity index (χ4v) is 1.67. The maximum atomic E-state index is 5.67. The number of benzene rings is 1. The summed E-state index contributed by atoms with van der Waals surface area (Å²) in [4.78, 5) is 6.47. The summed E-state index contributed by atoms with van der Waals surface area (Å²) in [7, 11) is 2.00. The number of hydrogen-bond acceptors (Lipinski definition) is 4. The Kier molecular flexibility index (Phi) is 3.98. The summed E-state index contributed by atoms with van der Waals surface area (Å²) < 4.78 is 5.67. The summed E-state index contributed by atoms with van der Waals surface area (Å²) in [6.07, 6.45) is 1.16. The molecule has 0 aliphatic carbocycles. The number of rotatable bonds is 6. The van der Waals surface area contributed by atoms with Crippen LogP contribution in [-0.4, -0.2) is 31.7 Å². The number of likely N-dealkylation sites (N-methyl/N-ethyl adjacent to an activating group) is 1. The van der Waals surface area contributed by atoms with E-state index in [1.165, 1.54) is 0 Å². The number of hydrogen-bond donors (Lipinski definition) is 1. The van der Waals surface area contributed by atoms with E-state index >= 15 is 0 Å². The zero-order valence-electron chi connectivity index (χ0n) is 10.4. The zero-order chi connectivity index (χ0) is 12.1. The van der Waals surface area contributed by atoms with E-state index in [0.717, 1.165) is 37.2 Å². The SMILES string of the molecule is CCCNCCN(C)c1nc2ccccc2o1. The van der Waals surface area contributed by atoms with Crippen molar-refractivity contribution < 1.29 is 4.42 Å². The number of para-hydroxylation sites is 2. The minimum absolute atomic E-state index is 0.685. The van der Waals surface area contributed by atoms with Crippen LogP contribution >= 0.6 is 0 Å². The van der Waals surface area contributed by atoms with Crippen molar-refractivity contribution >= 4 is 17.1 Å². The van der Waals surface area contributed by atoms with E-state index in [2.05, 4.69) is 17.2 Å². The van der Waals surface area contributed by atoms with Gasteiger partial charge in [0, 0.05) is 20.1 Å². The molecular formula is C13H19N3O. The lowest BCUT2D eigenvalue weighted by Gasteiger charge is -2.14. The fourth-order valence-electron chi connectivity index (χ4n) is 1.67. The van der Waals surface area contributed by atoms with Gasteiger partial charge in [0.15, 0.2) is 5.58 Å². The van der Waals surface area contributed by atoms with Crippen LogP contribution in [0.5, 0.6) is 0 Å². The molecule has 1 N–H and O–H groups in total. The molecule has 0 saturated heterocycles.